The first-order valence-corrected chi connectivity index (χ1v) is 8.57. The number of methoxy groups -OCH3 is 1. The molecule has 0 aliphatic carbocycles. The van der Waals surface area contributed by atoms with Gasteiger partial charge in [0.05, 0.1) is 18.7 Å². The first kappa shape index (κ1) is 20.9. The second kappa shape index (κ2) is 8.50. The number of benzene rings is 2. The van der Waals surface area contributed by atoms with E-state index in [0.29, 0.717) is 27.8 Å². The minimum absolute atomic E-state index is 0. The van der Waals surface area contributed by atoms with Gasteiger partial charge in [-0.3, -0.25) is 9.59 Å². The average Bonchev–Trinajstić information content (AvgIpc) is 3.00. The van der Waals surface area contributed by atoms with Gasteiger partial charge in [0.2, 0.25) is 11.8 Å². The maximum Gasteiger partial charge on any atom is 0.229 e. The lowest BCUT2D eigenvalue weighted by Crippen LogP contribution is -2.28. The molecule has 1 atom stereocenters. The van der Waals surface area contributed by atoms with Crippen LogP contribution in [0.5, 0.6) is 5.75 Å². The van der Waals surface area contributed by atoms with Crippen molar-refractivity contribution in [3.63, 3.8) is 0 Å². The molecule has 0 radical (unpaired) electrons. The maximum atomic E-state index is 12.6. The van der Waals surface area contributed by atoms with Crippen molar-refractivity contribution in [2.45, 2.75) is 13.3 Å². The third-order valence-corrected chi connectivity index (χ3v) is 4.68. The van der Waals surface area contributed by atoms with Crippen LogP contribution < -0.4 is 20.7 Å². The van der Waals surface area contributed by atoms with Gasteiger partial charge in [-0.2, -0.15) is 0 Å². The Balaban J connectivity index is 0.00000261. The molecule has 1 heterocycles. The molecule has 0 saturated carbocycles. The molecule has 3 N–H and O–H groups in total. The van der Waals surface area contributed by atoms with Crippen LogP contribution in [0.4, 0.5) is 17.1 Å². The molecule has 1 unspecified atom stereocenters. The third kappa shape index (κ3) is 4.46. The number of nitrogens with zero attached hydrogens (tertiary/aromatic N) is 1. The van der Waals surface area contributed by atoms with Crippen LogP contribution in [-0.2, 0) is 9.59 Å². The van der Waals surface area contributed by atoms with Gasteiger partial charge in [-0.1, -0.05) is 17.7 Å². The van der Waals surface area contributed by atoms with Crippen LogP contribution in [0.2, 0.25) is 5.02 Å². The Kier molecular flexibility index (Phi) is 6.57. The van der Waals surface area contributed by atoms with Crippen molar-refractivity contribution in [1.29, 1.82) is 0 Å². The third-order valence-electron chi connectivity index (χ3n) is 4.45. The molecule has 2 aromatic carbocycles. The quantitative estimate of drug-likeness (QED) is 0.754. The van der Waals surface area contributed by atoms with Crippen LogP contribution in [0.1, 0.15) is 12.0 Å². The first-order chi connectivity index (χ1) is 12.4. The number of ether oxygens (including phenoxy) is 1. The van der Waals surface area contributed by atoms with E-state index in [1.807, 2.05) is 13.0 Å². The fourth-order valence-electron chi connectivity index (χ4n) is 3.00. The summed E-state index contributed by atoms with van der Waals surface area (Å²) in [6.45, 7) is 2.15. The molecule has 8 heteroatoms. The highest BCUT2D eigenvalue weighted by atomic mass is 35.5. The molecule has 1 aliphatic heterocycles. The lowest BCUT2D eigenvalue weighted by Gasteiger charge is -2.20. The molecule has 2 aromatic rings. The van der Waals surface area contributed by atoms with Crippen molar-refractivity contribution in [3.8, 4) is 5.75 Å². The van der Waals surface area contributed by atoms with Crippen molar-refractivity contribution in [2.75, 3.05) is 29.6 Å². The molecule has 1 fully saturated rings. The summed E-state index contributed by atoms with van der Waals surface area (Å²) in [7, 11) is 1.53. The topological polar surface area (TPSA) is 84.7 Å². The summed E-state index contributed by atoms with van der Waals surface area (Å²) in [5.41, 5.74) is 8.48. The van der Waals surface area contributed by atoms with E-state index in [-0.39, 0.29) is 37.2 Å². The zero-order valence-corrected chi connectivity index (χ0v) is 16.6. The number of nitrogen functional groups attached to an aromatic ring is 1. The predicted octanol–water partition coefficient (Wildman–Crippen LogP) is 3.65. The van der Waals surface area contributed by atoms with Gasteiger partial charge in [-0.05, 0) is 42.8 Å². The average molecular weight is 410 g/mol. The summed E-state index contributed by atoms with van der Waals surface area (Å²) in [5, 5.41) is 3.37. The highest BCUT2D eigenvalue weighted by Crippen LogP contribution is 2.35. The number of aryl methyl sites for hydroxylation is 1. The van der Waals surface area contributed by atoms with E-state index >= 15 is 0 Å². The van der Waals surface area contributed by atoms with Crippen LogP contribution in [0.3, 0.4) is 0 Å². The van der Waals surface area contributed by atoms with E-state index in [0.717, 1.165) is 5.56 Å². The normalized spacial score (nSPS) is 16.0. The first-order valence-electron chi connectivity index (χ1n) is 8.20. The second-order valence-corrected chi connectivity index (χ2v) is 6.72. The molecule has 0 bridgehead atoms. The number of halogens is 2. The molecule has 1 aliphatic rings. The van der Waals surface area contributed by atoms with Crippen LogP contribution in [0.25, 0.3) is 0 Å². The zero-order valence-electron chi connectivity index (χ0n) is 15.0. The van der Waals surface area contributed by atoms with Gasteiger partial charge < -0.3 is 20.7 Å². The lowest BCUT2D eigenvalue weighted by atomic mass is 10.1. The number of hydrogen-bond acceptors (Lipinski definition) is 4. The molecule has 0 aromatic heterocycles. The monoisotopic (exact) mass is 409 g/mol. The van der Waals surface area contributed by atoms with Gasteiger partial charge in [-0.25, -0.2) is 0 Å². The van der Waals surface area contributed by atoms with E-state index in [1.165, 1.54) is 7.11 Å². The number of amides is 2. The van der Waals surface area contributed by atoms with E-state index in [4.69, 9.17) is 22.1 Å². The molecular formula is C19H21Cl2N3O3. The fourth-order valence-corrected chi connectivity index (χ4v) is 3.17. The maximum absolute atomic E-state index is 12.6. The molecule has 27 heavy (non-hydrogen) atoms. The highest BCUT2D eigenvalue weighted by Gasteiger charge is 2.36. The fraction of sp³-hybridized carbons (Fsp3) is 0.263. The van der Waals surface area contributed by atoms with Gasteiger partial charge in [-0.15, -0.1) is 12.4 Å². The van der Waals surface area contributed by atoms with Gasteiger partial charge >= 0.3 is 0 Å². The molecule has 0 spiro atoms. The van der Waals surface area contributed by atoms with Crippen LogP contribution >= 0.6 is 24.0 Å². The van der Waals surface area contributed by atoms with Crippen LogP contribution in [-0.4, -0.2) is 25.5 Å². The summed E-state index contributed by atoms with van der Waals surface area (Å²) in [6.07, 6.45) is 0.128. The van der Waals surface area contributed by atoms with E-state index < -0.39 is 5.92 Å². The minimum atomic E-state index is -0.466. The summed E-state index contributed by atoms with van der Waals surface area (Å²) in [5.74, 6) is -0.284. The zero-order chi connectivity index (χ0) is 18.8. The Morgan fingerprint density at radius 1 is 1.30 bits per heavy atom. The molecule has 1 saturated heterocycles. The number of nitrogens with two attached hydrogens (primary N) is 1. The Labute approximate surface area is 169 Å². The van der Waals surface area contributed by atoms with E-state index in [1.54, 1.807) is 35.2 Å². The largest absolute Gasteiger partial charge is 0.495 e. The van der Waals surface area contributed by atoms with Gasteiger partial charge in [0.15, 0.2) is 0 Å². The highest BCUT2D eigenvalue weighted by molar-refractivity contribution is 6.31. The van der Waals surface area contributed by atoms with Gasteiger partial charge in [0.25, 0.3) is 0 Å². The van der Waals surface area contributed by atoms with E-state index in [2.05, 4.69) is 5.32 Å². The second-order valence-electron chi connectivity index (χ2n) is 6.29. The van der Waals surface area contributed by atoms with Crippen LogP contribution in [0, 0.1) is 12.8 Å². The number of nitrogens with one attached hydrogen (secondary N) is 1. The molecule has 144 valence electrons. The number of anilines is 3. The van der Waals surface area contributed by atoms with Gasteiger partial charge in [0, 0.05) is 29.4 Å². The van der Waals surface area contributed by atoms with E-state index in [9.17, 15) is 9.59 Å². The molecular weight excluding hydrogens is 389 g/mol. The van der Waals surface area contributed by atoms with Crippen LogP contribution in [0.15, 0.2) is 36.4 Å². The SMILES string of the molecule is COc1ccc(Cl)cc1N1CC(C(=O)Nc2cc(N)ccc2C)CC1=O.Cl. The summed E-state index contributed by atoms with van der Waals surface area (Å²) >= 11 is 6.05. The van der Waals surface area contributed by atoms with Crippen molar-refractivity contribution in [3.05, 3.63) is 47.0 Å². The Hall–Kier alpha value is -2.44. The Morgan fingerprint density at radius 3 is 2.74 bits per heavy atom. The smallest absolute Gasteiger partial charge is 0.229 e. The summed E-state index contributed by atoms with van der Waals surface area (Å²) in [4.78, 5) is 26.6. The molecule has 2 amide bonds. The van der Waals surface area contributed by atoms with Gasteiger partial charge in [0.1, 0.15) is 5.75 Å². The Morgan fingerprint density at radius 2 is 2.04 bits per heavy atom. The lowest BCUT2D eigenvalue weighted by molar-refractivity contribution is -0.122. The summed E-state index contributed by atoms with van der Waals surface area (Å²) < 4.78 is 5.31. The van der Waals surface area contributed by atoms with Crippen molar-refractivity contribution >= 4 is 52.9 Å². The van der Waals surface area contributed by atoms with Crippen molar-refractivity contribution in [1.82, 2.24) is 0 Å². The predicted molar refractivity (Wildman–Crippen MR) is 110 cm³/mol. The van der Waals surface area contributed by atoms with Crippen molar-refractivity contribution in [2.24, 2.45) is 5.92 Å². The summed E-state index contributed by atoms with van der Waals surface area (Å²) in [6, 6.07) is 10.4. The number of carbonyl (C=O) groups excluding carboxylic acids is 2. The number of hydrogen-bond donors (Lipinski definition) is 2. The molecule has 6 nitrogen and oxygen atoms in total. The number of rotatable bonds is 4. The minimum Gasteiger partial charge on any atom is -0.495 e. The standard InChI is InChI=1S/C19H20ClN3O3.ClH/c1-11-3-5-14(21)9-15(11)22-19(25)12-7-18(24)23(10-12)16-8-13(20)4-6-17(16)26-2;/h3-6,8-9,12H,7,10,21H2,1-2H3,(H,22,25);1H. The number of carbonyl (C=O) groups is 2. The van der Waals surface area contributed by atoms with Crippen molar-refractivity contribution < 1.29 is 14.3 Å². The Bertz CT molecular complexity index is 873. The molecule has 3 rings (SSSR count).